The van der Waals surface area contributed by atoms with Gasteiger partial charge in [-0.05, 0) is 104 Å². The minimum absolute atomic E-state index is 0.0532. The average Bonchev–Trinajstić information content (AvgIpc) is 3.28. The van der Waals surface area contributed by atoms with E-state index in [0.717, 1.165) is 33.3 Å². The van der Waals surface area contributed by atoms with Gasteiger partial charge in [-0.25, -0.2) is 13.8 Å². The van der Waals surface area contributed by atoms with Crippen molar-refractivity contribution in [3.63, 3.8) is 0 Å². The highest BCUT2D eigenvalue weighted by Gasteiger charge is 2.38. The third kappa shape index (κ3) is 4.24. The summed E-state index contributed by atoms with van der Waals surface area (Å²) in [5.74, 6) is -1.18. The Bertz CT molecular complexity index is 1950. The van der Waals surface area contributed by atoms with Gasteiger partial charge in [-0.1, -0.05) is 35.4 Å². The Labute approximate surface area is 240 Å². The summed E-state index contributed by atoms with van der Waals surface area (Å²) >= 11 is 6.90. The second-order valence-corrected chi connectivity index (χ2v) is 11.9. The fourth-order valence-electron chi connectivity index (χ4n) is 6.57. The summed E-state index contributed by atoms with van der Waals surface area (Å²) in [5.41, 5.74) is 10.0. The standard InChI is InChI=1S/C32H29ClFN3O4/c1-15-18(6-5-9-25(15)37-30(39)20-7-4-8-24(34)28(20)36-31(37)40)27-23(33)14-22(29(35)38)21-13-16-12-17(32(2,3)41)10-11-19(16)26(21)27/h4-9,14,17,41H,10-13H2,1-3H3,(H2,35,38)(H,36,40). The molecule has 0 fully saturated rings. The number of H-pyrrole nitrogens is 1. The van der Waals surface area contributed by atoms with Crippen LogP contribution in [0.1, 0.15) is 60.2 Å². The van der Waals surface area contributed by atoms with Gasteiger partial charge >= 0.3 is 5.69 Å². The second-order valence-electron chi connectivity index (χ2n) is 11.5. The molecule has 6 rings (SSSR count). The molecule has 210 valence electrons. The molecular formula is C32H29ClFN3O4. The number of halogens is 2. The van der Waals surface area contributed by atoms with Crippen LogP contribution < -0.4 is 17.0 Å². The molecule has 1 aromatic heterocycles. The molecule has 0 radical (unpaired) electrons. The van der Waals surface area contributed by atoms with Crippen LogP contribution in [0.15, 0.2) is 57.6 Å². The molecule has 9 heteroatoms. The smallest absolute Gasteiger partial charge is 0.333 e. The van der Waals surface area contributed by atoms with Gasteiger partial charge < -0.3 is 15.8 Å². The number of nitrogens with two attached hydrogens (primary N) is 1. The molecule has 4 N–H and O–H groups in total. The number of nitrogens with zero attached hydrogens (tertiary/aromatic N) is 1. The maximum atomic E-state index is 14.3. The third-order valence-corrected chi connectivity index (χ3v) is 9.00. The van der Waals surface area contributed by atoms with Crippen LogP contribution in [0, 0.1) is 18.7 Å². The van der Waals surface area contributed by atoms with Crippen LogP contribution in [0.3, 0.4) is 0 Å². The summed E-state index contributed by atoms with van der Waals surface area (Å²) in [5, 5.41) is 11.1. The van der Waals surface area contributed by atoms with Gasteiger partial charge in [-0.3, -0.25) is 9.59 Å². The quantitative estimate of drug-likeness (QED) is 0.302. The van der Waals surface area contributed by atoms with E-state index in [9.17, 15) is 23.9 Å². The molecule has 4 aromatic rings. The number of para-hydroxylation sites is 1. The maximum absolute atomic E-state index is 14.3. The van der Waals surface area contributed by atoms with Crippen molar-refractivity contribution in [1.82, 2.24) is 9.55 Å². The van der Waals surface area contributed by atoms with Crippen molar-refractivity contribution in [1.29, 1.82) is 0 Å². The van der Waals surface area contributed by atoms with Crippen LogP contribution >= 0.6 is 11.6 Å². The van der Waals surface area contributed by atoms with Crippen molar-refractivity contribution >= 4 is 34.0 Å². The van der Waals surface area contributed by atoms with Crippen LogP contribution in [0.5, 0.6) is 0 Å². The van der Waals surface area contributed by atoms with Crippen LogP contribution in [-0.2, 0) is 6.42 Å². The molecule has 0 aliphatic heterocycles. The summed E-state index contributed by atoms with van der Waals surface area (Å²) in [4.78, 5) is 41.6. The topological polar surface area (TPSA) is 118 Å². The van der Waals surface area contributed by atoms with Crippen molar-refractivity contribution in [2.24, 2.45) is 11.7 Å². The molecular weight excluding hydrogens is 545 g/mol. The van der Waals surface area contributed by atoms with E-state index in [2.05, 4.69) is 4.98 Å². The SMILES string of the molecule is Cc1c(-c2c(Cl)cc(C(N)=O)c3c2C2=C(C3)CC(C(C)(C)O)CC2)cccc1-n1c(=O)[nH]c2c(F)cccc2c1=O. The molecule has 2 aliphatic rings. The Balaban J connectivity index is 1.59. The molecule has 3 aromatic carbocycles. The van der Waals surface area contributed by atoms with E-state index in [1.807, 2.05) is 19.9 Å². The normalized spacial score (nSPS) is 16.7. The van der Waals surface area contributed by atoms with Crippen LogP contribution in [-0.4, -0.2) is 26.2 Å². The Morgan fingerprint density at radius 2 is 1.90 bits per heavy atom. The summed E-state index contributed by atoms with van der Waals surface area (Å²) in [6.07, 6.45) is 2.71. The molecule has 1 atom stereocenters. The van der Waals surface area contributed by atoms with Crippen molar-refractivity contribution < 1.29 is 14.3 Å². The first-order valence-corrected chi connectivity index (χ1v) is 13.9. The Kier molecular flexibility index (Phi) is 6.32. The lowest BCUT2D eigenvalue weighted by atomic mass is 9.75. The van der Waals surface area contributed by atoms with Crippen molar-refractivity contribution in [2.75, 3.05) is 0 Å². The first-order chi connectivity index (χ1) is 19.4. The van der Waals surface area contributed by atoms with Gasteiger partial charge in [0.05, 0.1) is 22.2 Å². The molecule has 0 saturated heterocycles. The minimum atomic E-state index is -0.839. The number of primary amides is 1. The highest BCUT2D eigenvalue weighted by molar-refractivity contribution is 6.34. The molecule has 1 amide bonds. The predicted octanol–water partition coefficient (Wildman–Crippen LogP) is 5.43. The number of nitrogens with one attached hydrogen (secondary N) is 1. The van der Waals surface area contributed by atoms with Crippen LogP contribution in [0.2, 0.25) is 5.02 Å². The molecule has 41 heavy (non-hydrogen) atoms. The summed E-state index contributed by atoms with van der Waals surface area (Å²) in [7, 11) is 0. The van der Waals surface area contributed by atoms with E-state index in [1.165, 1.54) is 18.2 Å². The largest absolute Gasteiger partial charge is 0.390 e. The van der Waals surface area contributed by atoms with E-state index in [4.69, 9.17) is 17.3 Å². The Hall–Kier alpha value is -4.01. The van der Waals surface area contributed by atoms with Gasteiger partial charge in [-0.2, -0.15) is 0 Å². The number of hydrogen-bond donors (Lipinski definition) is 3. The number of aliphatic hydroxyl groups is 1. The van der Waals surface area contributed by atoms with Gasteiger partial charge in [0.25, 0.3) is 5.56 Å². The van der Waals surface area contributed by atoms with Gasteiger partial charge in [0.15, 0.2) is 0 Å². The third-order valence-electron chi connectivity index (χ3n) is 8.70. The molecule has 0 saturated carbocycles. The summed E-state index contributed by atoms with van der Waals surface area (Å²) in [6.45, 7) is 5.44. The highest BCUT2D eigenvalue weighted by atomic mass is 35.5. The Morgan fingerprint density at radius 1 is 1.17 bits per heavy atom. The number of amides is 1. The lowest BCUT2D eigenvalue weighted by Gasteiger charge is -2.33. The molecule has 1 heterocycles. The predicted molar refractivity (Wildman–Crippen MR) is 158 cm³/mol. The van der Waals surface area contributed by atoms with E-state index >= 15 is 0 Å². The highest BCUT2D eigenvalue weighted by Crippen LogP contribution is 2.52. The number of hydrogen-bond acceptors (Lipinski definition) is 4. The van der Waals surface area contributed by atoms with E-state index < -0.39 is 28.6 Å². The van der Waals surface area contributed by atoms with E-state index in [1.54, 1.807) is 25.1 Å². The molecule has 0 spiro atoms. The van der Waals surface area contributed by atoms with E-state index in [-0.39, 0.29) is 16.8 Å². The first kappa shape index (κ1) is 27.2. The number of benzene rings is 3. The lowest BCUT2D eigenvalue weighted by Crippen LogP contribution is -2.34. The van der Waals surface area contributed by atoms with Gasteiger partial charge in [0.2, 0.25) is 5.91 Å². The van der Waals surface area contributed by atoms with Crippen molar-refractivity contribution in [3.05, 3.63) is 102 Å². The van der Waals surface area contributed by atoms with Crippen molar-refractivity contribution in [2.45, 2.75) is 52.1 Å². The average molecular weight is 574 g/mol. The first-order valence-electron chi connectivity index (χ1n) is 13.5. The fourth-order valence-corrected chi connectivity index (χ4v) is 6.87. The number of allylic oxidation sites excluding steroid dienone is 2. The number of aromatic nitrogens is 2. The van der Waals surface area contributed by atoms with Gasteiger partial charge in [-0.15, -0.1) is 0 Å². The zero-order valence-electron chi connectivity index (χ0n) is 22.9. The molecule has 0 bridgehead atoms. The number of aromatic amines is 1. The fraction of sp³-hybridized carbons (Fsp3) is 0.281. The summed E-state index contributed by atoms with van der Waals surface area (Å²) in [6, 6.07) is 10.9. The number of rotatable bonds is 4. The number of fused-ring (bicyclic) bond motifs is 3. The monoisotopic (exact) mass is 573 g/mol. The second kappa shape index (κ2) is 9.53. The van der Waals surface area contributed by atoms with Gasteiger partial charge in [0.1, 0.15) is 5.82 Å². The zero-order chi connectivity index (χ0) is 29.4. The minimum Gasteiger partial charge on any atom is -0.390 e. The lowest BCUT2D eigenvalue weighted by molar-refractivity contribution is 0.0123. The van der Waals surface area contributed by atoms with Crippen molar-refractivity contribution in [3.8, 4) is 16.8 Å². The number of carbonyl (C=O) groups excluding carboxylic acids is 1. The molecule has 1 unspecified atom stereocenters. The maximum Gasteiger partial charge on any atom is 0.333 e. The number of carbonyl (C=O) groups is 1. The Morgan fingerprint density at radius 3 is 2.61 bits per heavy atom. The molecule has 2 aliphatic carbocycles. The van der Waals surface area contributed by atoms with E-state index in [0.29, 0.717) is 52.2 Å². The summed E-state index contributed by atoms with van der Waals surface area (Å²) < 4.78 is 15.4. The van der Waals surface area contributed by atoms with Gasteiger partial charge in [0, 0.05) is 16.1 Å². The van der Waals surface area contributed by atoms with Crippen LogP contribution in [0.25, 0.3) is 33.3 Å². The zero-order valence-corrected chi connectivity index (χ0v) is 23.7. The molecule has 7 nitrogen and oxygen atoms in total. The van der Waals surface area contributed by atoms with Crippen LogP contribution in [0.4, 0.5) is 4.39 Å².